The number of hydrogen-bond donors (Lipinski definition) is 2. The molecule has 0 aromatic heterocycles. The normalized spacial score (nSPS) is 37.8. The van der Waals surface area contributed by atoms with E-state index in [-0.39, 0.29) is 10.8 Å². The molecule has 4 fully saturated rings. The predicted octanol–water partition coefficient (Wildman–Crippen LogP) is 0.265. The van der Waals surface area contributed by atoms with Crippen LogP contribution in [0, 0.1) is 10.8 Å². The molecule has 0 aliphatic carbocycles. The zero-order chi connectivity index (χ0) is 18.5. The molecular weight excluding hydrogens is 328 g/mol. The summed E-state index contributed by atoms with van der Waals surface area (Å²) in [5.74, 6) is 2.18. The molecule has 0 atom stereocenters. The summed E-state index contributed by atoms with van der Waals surface area (Å²) in [6.07, 6.45) is 2.34. The zero-order valence-corrected chi connectivity index (χ0v) is 16.5. The van der Waals surface area contributed by atoms with Crippen molar-refractivity contribution in [3.8, 4) is 11.5 Å². The van der Waals surface area contributed by atoms with Crippen molar-refractivity contribution in [2.24, 2.45) is 10.8 Å². The summed E-state index contributed by atoms with van der Waals surface area (Å²) in [5.41, 5.74) is 1.09. The van der Waals surface area contributed by atoms with Crippen LogP contribution in [0.2, 0.25) is 0 Å². The van der Waals surface area contributed by atoms with Crippen LogP contribution in [0.5, 0.6) is 11.5 Å². The largest absolute Gasteiger partial charge is 0.493 e. The van der Waals surface area contributed by atoms with E-state index in [1.165, 1.54) is 5.56 Å². The summed E-state index contributed by atoms with van der Waals surface area (Å²) < 4.78 is 11.3. The number of carbonyl (C=O) groups is 1. The minimum Gasteiger partial charge on any atom is -0.493 e. The maximum atomic E-state index is 13.3. The summed E-state index contributed by atoms with van der Waals surface area (Å²) in [6.45, 7) is 10.9. The molecule has 0 amide bonds. The zero-order valence-electron chi connectivity index (χ0n) is 16.5. The van der Waals surface area contributed by atoms with E-state index < -0.39 is 0 Å². The van der Waals surface area contributed by atoms with E-state index >= 15 is 0 Å². The molecule has 0 saturated carbocycles. The Morgan fingerprint density at radius 1 is 1.00 bits per heavy atom. The molecule has 4 heterocycles. The molecule has 0 spiro atoms. The Morgan fingerprint density at radius 2 is 1.58 bits per heavy atom. The fourth-order valence-electron chi connectivity index (χ4n) is 6.00. The third-order valence-corrected chi connectivity index (χ3v) is 7.22. The van der Waals surface area contributed by atoms with Crippen LogP contribution < -0.4 is 19.3 Å². The molecule has 26 heavy (non-hydrogen) atoms. The van der Waals surface area contributed by atoms with Crippen molar-refractivity contribution in [3.05, 3.63) is 23.8 Å². The molecule has 4 aliphatic rings. The first kappa shape index (κ1) is 17.8. The van der Waals surface area contributed by atoms with Gasteiger partial charge in [0.1, 0.15) is 37.0 Å². The third-order valence-electron chi connectivity index (χ3n) is 7.22. The Kier molecular flexibility index (Phi) is 4.27. The Labute approximate surface area is 156 Å². The Hall–Kier alpha value is -1.59. The minimum absolute atomic E-state index is 0.108. The summed E-state index contributed by atoms with van der Waals surface area (Å²) in [4.78, 5) is 16.4. The van der Waals surface area contributed by atoms with Crippen molar-refractivity contribution in [2.75, 3.05) is 39.9 Å². The van der Waals surface area contributed by atoms with Crippen LogP contribution in [-0.2, 0) is 4.79 Å². The van der Waals surface area contributed by atoms with Gasteiger partial charge < -0.3 is 9.47 Å². The van der Waals surface area contributed by atoms with Gasteiger partial charge in [0.25, 0.3) is 0 Å². The van der Waals surface area contributed by atoms with E-state index in [1.807, 2.05) is 13.0 Å². The smallest absolute Gasteiger partial charge is 0.240 e. The van der Waals surface area contributed by atoms with Crippen LogP contribution in [0.4, 0.5) is 0 Å². The molecule has 5 rings (SSSR count). The first-order valence-electron chi connectivity index (χ1n) is 10.1. The van der Waals surface area contributed by atoms with Gasteiger partial charge in [-0.15, -0.1) is 0 Å². The first-order valence-corrected chi connectivity index (χ1v) is 10.1. The highest BCUT2D eigenvalue weighted by atomic mass is 16.5. The van der Waals surface area contributed by atoms with Crippen LogP contribution in [-0.4, -0.2) is 45.7 Å². The van der Waals surface area contributed by atoms with Gasteiger partial charge in [-0.05, 0) is 38.0 Å². The van der Waals surface area contributed by atoms with Gasteiger partial charge in [0, 0.05) is 0 Å². The molecule has 5 heteroatoms. The van der Waals surface area contributed by atoms with Crippen molar-refractivity contribution in [1.82, 2.24) is 0 Å². The minimum atomic E-state index is -0.108. The standard InChI is InChI=1S/C21H30N2O3/c1-5-20-11-22-13-21(6-2,19(20)24)14-23(12-20)18(22)15-8-9-16(26-7-3)17(10-15)25-4/h8-10,18H,5-7,11-14H2,1-4H3/p+2. The van der Waals surface area contributed by atoms with Gasteiger partial charge in [-0.1, -0.05) is 13.8 Å². The number of carbonyl (C=O) groups excluding carboxylic acids is 1. The maximum absolute atomic E-state index is 13.3. The van der Waals surface area contributed by atoms with Gasteiger partial charge in [0.05, 0.1) is 19.3 Å². The number of methoxy groups -OCH3 is 1. The molecule has 0 unspecified atom stereocenters. The number of piperidine rings is 2. The molecule has 4 aliphatic heterocycles. The van der Waals surface area contributed by atoms with Crippen LogP contribution in [0.15, 0.2) is 18.2 Å². The second kappa shape index (κ2) is 6.24. The average Bonchev–Trinajstić information content (AvgIpc) is 2.65. The predicted molar refractivity (Wildman–Crippen MR) is 98.8 cm³/mol. The molecule has 5 nitrogen and oxygen atoms in total. The molecule has 2 N–H and O–H groups in total. The molecule has 142 valence electrons. The van der Waals surface area contributed by atoms with Gasteiger partial charge in [0.15, 0.2) is 17.3 Å². The van der Waals surface area contributed by atoms with Gasteiger partial charge in [-0.3, -0.25) is 14.6 Å². The van der Waals surface area contributed by atoms with Crippen molar-refractivity contribution >= 4 is 5.78 Å². The van der Waals surface area contributed by atoms with E-state index in [0.29, 0.717) is 18.6 Å². The van der Waals surface area contributed by atoms with E-state index in [9.17, 15) is 4.79 Å². The number of Topliss-reactive ketones (excluding diaryl/α,β-unsaturated/α-hetero) is 1. The van der Waals surface area contributed by atoms with Gasteiger partial charge in [-0.25, -0.2) is 0 Å². The van der Waals surface area contributed by atoms with E-state index in [4.69, 9.17) is 9.47 Å². The molecular formula is C21H32N2O3+2. The van der Waals surface area contributed by atoms with E-state index in [0.717, 1.165) is 50.5 Å². The molecule has 1 aromatic carbocycles. The topological polar surface area (TPSA) is 44.4 Å². The lowest BCUT2D eigenvalue weighted by Crippen LogP contribution is -3.41. The van der Waals surface area contributed by atoms with Gasteiger partial charge in [-0.2, -0.15) is 0 Å². The number of rotatable bonds is 6. The summed E-state index contributed by atoms with van der Waals surface area (Å²) in [6, 6.07) is 6.39. The highest BCUT2D eigenvalue weighted by molar-refractivity contribution is 5.92. The van der Waals surface area contributed by atoms with Gasteiger partial charge in [0.2, 0.25) is 6.17 Å². The molecule has 4 saturated heterocycles. The summed E-state index contributed by atoms with van der Waals surface area (Å²) in [7, 11) is 1.70. The first-order chi connectivity index (χ1) is 12.5. The fourth-order valence-corrected chi connectivity index (χ4v) is 6.00. The Balaban J connectivity index is 1.70. The molecule has 1 aromatic rings. The van der Waals surface area contributed by atoms with E-state index in [2.05, 4.69) is 26.0 Å². The highest BCUT2D eigenvalue weighted by Crippen LogP contribution is 2.41. The third kappa shape index (κ3) is 2.33. The Bertz CT molecular complexity index is 675. The lowest BCUT2D eigenvalue weighted by atomic mass is 9.58. The second-order valence-electron chi connectivity index (χ2n) is 8.40. The quantitative estimate of drug-likeness (QED) is 0.765. The lowest BCUT2D eigenvalue weighted by molar-refractivity contribution is -1.18. The average molecular weight is 360 g/mol. The number of quaternary nitrogens is 2. The van der Waals surface area contributed by atoms with Crippen LogP contribution in [0.1, 0.15) is 45.3 Å². The van der Waals surface area contributed by atoms with Crippen molar-refractivity contribution in [3.63, 3.8) is 0 Å². The van der Waals surface area contributed by atoms with Crippen LogP contribution in [0.25, 0.3) is 0 Å². The van der Waals surface area contributed by atoms with Gasteiger partial charge >= 0.3 is 0 Å². The summed E-state index contributed by atoms with van der Waals surface area (Å²) >= 11 is 0. The number of benzene rings is 1. The van der Waals surface area contributed by atoms with Crippen molar-refractivity contribution < 1.29 is 24.1 Å². The number of nitrogens with one attached hydrogen (secondary N) is 2. The Morgan fingerprint density at radius 3 is 2.04 bits per heavy atom. The maximum Gasteiger partial charge on any atom is 0.240 e. The summed E-state index contributed by atoms with van der Waals surface area (Å²) in [5, 5.41) is 0. The lowest BCUT2D eigenvalue weighted by Gasteiger charge is -2.60. The fraction of sp³-hybridized carbons (Fsp3) is 0.667. The number of ether oxygens (including phenoxy) is 2. The second-order valence-corrected chi connectivity index (χ2v) is 8.40. The van der Waals surface area contributed by atoms with E-state index in [1.54, 1.807) is 16.9 Å². The number of ketones is 1. The van der Waals surface area contributed by atoms with Crippen molar-refractivity contribution in [2.45, 2.75) is 39.8 Å². The SMILES string of the molecule is CCOc1ccc(C2[NH+]3CC4(CC)C[NH+]2CC(CC)(C3)C4=O)cc1OC. The highest BCUT2D eigenvalue weighted by Gasteiger charge is 2.70. The van der Waals surface area contributed by atoms with Crippen molar-refractivity contribution in [1.29, 1.82) is 0 Å². The number of hydrogen-bond acceptors (Lipinski definition) is 3. The molecule has 4 bridgehead atoms. The monoisotopic (exact) mass is 360 g/mol. The van der Waals surface area contributed by atoms with Crippen LogP contribution in [0.3, 0.4) is 0 Å². The van der Waals surface area contributed by atoms with Crippen LogP contribution >= 0.6 is 0 Å². The molecule has 0 radical (unpaired) electrons.